The zero-order valence-electron chi connectivity index (χ0n) is 13.2. The van der Waals surface area contributed by atoms with Gasteiger partial charge in [0.1, 0.15) is 5.54 Å². The maximum atomic E-state index is 12.4. The third-order valence-electron chi connectivity index (χ3n) is 4.80. The topological polar surface area (TPSA) is 77.2 Å². The first-order valence-corrected chi connectivity index (χ1v) is 9.09. The van der Waals surface area contributed by atoms with Gasteiger partial charge in [0, 0.05) is 18.1 Å². The second-order valence-corrected chi connectivity index (χ2v) is 7.59. The van der Waals surface area contributed by atoms with Crippen molar-refractivity contribution in [3.8, 4) is 0 Å². The summed E-state index contributed by atoms with van der Waals surface area (Å²) >= 11 is 1.63. The average molecular weight is 323 g/mol. The van der Waals surface area contributed by atoms with E-state index < -0.39 is 5.54 Å². The Kier molecular flexibility index (Phi) is 4.80. The minimum Gasteiger partial charge on any atom is -0.381 e. The number of fused-ring (bicyclic) bond motifs is 1. The lowest BCUT2D eigenvalue weighted by Gasteiger charge is -2.31. The van der Waals surface area contributed by atoms with Crippen LogP contribution in [-0.2, 0) is 22.4 Å². The van der Waals surface area contributed by atoms with Gasteiger partial charge in [0.05, 0.1) is 5.69 Å². The Morgan fingerprint density at radius 2 is 2.27 bits per heavy atom. The van der Waals surface area contributed by atoms with Gasteiger partial charge in [-0.25, -0.2) is 4.98 Å². The molecule has 2 heterocycles. The van der Waals surface area contributed by atoms with Crippen LogP contribution in [-0.4, -0.2) is 29.6 Å². The summed E-state index contributed by atoms with van der Waals surface area (Å²) in [4.78, 5) is 18.4. The lowest BCUT2D eigenvalue weighted by Crippen LogP contribution is -2.54. The van der Waals surface area contributed by atoms with Gasteiger partial charge in [-0.2, -0.15) is 0 Å². The number of anilines is 1. The van der Waals surface area contributed by atoms with E-state index in [1.807, 2.05) is 0 Å². The maximum Gasteiger partial charge on any atom is 0.246 e. The van der Waals surface area contributed by atoms with Gasteiger partial charge in [-0.15, -0.1) is 11.3 Å². The maximum absolute atomic E-state index is 12.4. The fourth-order valence-electron chi connectivity index (χ4n) is 3.34. The number of hydrogen-bond donors (Lipinski definition) is 2. The molecule has 0 bridgehead atoms. The molecule has 0 aromatic carbocycles. The van der Waals surface area contributed by atoms with Crippen molar-refractivity contribution in [2.24, 2.45) is 11.7 Å². The lowest BCUT2D eigenvalue weighted by molar-refractivity contribution is -0.124. The summed E-state index contributed by atoms with van der Waals surface area (Å²) < 4.78 is 5.29. The molecule has 1 aliphatic carbocycles. The van der Waals surface area contributed by atoms with E-state index in [1.54, 1.807) is 11.3 Å². The van der Waals surface area contributed by atoms with E-state index in [-0.39, 0.29) is 5.91 Å². The molecule has 1 unspecified atom stereocenters. The number of hydrogen-bond acceptors (Lipinski definition) is 5. The normalized spacial score (nSPS) is 23.8. The molecule has 1 atom stereocenters. The van der Waals surface area contributed by atoms with Crippen molar-refractivity contribution in [1.82, 2.24) is 4.98 Å². The van der Waals surface area contributed by atoms with Crippen molar-refractivity contribution < 1.29 is 9.53 Å². The molecule has 1 aromatic rings. The SMILES string of the molecule is CCCC1CCc2nc(NC(=O)C3(N)CCOCC3)sc2C1. The van der Waals surface area contributed by atoms with Crippen molar-refractivity contribution in [2.45, 2.75) is 57.4 Å². The van der Waals surface area contributed by atoms with Crippen LogP contribution in [0.3, 0.4) is 0 Å². The van der Waals surface area contributed by atoms with Crippen LogP contribution in [0.15, 0.2) is 0 Å². The number of nitrogens with one attached hydrogen (secondary N) is 1. The summed E-state index contributed by atoms with van der Waals surface area (Å²) in [5.74, 6) is 0.657. The van der Waals surface area contributed by atoms with Crippen LogP contribution >= 0.6 is 11.3 Å². The van der Waals surface area contributed by atoms with Gasteiger partial charge in [-0.3, -0.25) is 4.79 Å². The average Bonchev–Trinajstić information content (AvgIpc) is 2.90. The number of rotatable bonds is 4. The highest BCUT2D eigenvalue weighted by atomic mass is 32.1. The number of amides is 1. The molecule has 0 radical (unpaired) electrons. The molecule has 122 valence electrons. The molecule has 0 saturated carbocycles. The number of aryl methyl sites for hydroxylation is 1. The number of carbonyl (C=O) groups is 1. The summed E-state index contributed by atoms with van der Waals surface area (Å²) in [5.41, 5.74) is 6.58. The molecule has 22 heavy (non-hydrogen) atoms. The molecular formula is C16H25N3O2S. The zero-order chi connectivity index (χ0) is 15.6. The van der Waals surface area contributed by atoms with Crippen molar-refractivity contribution in [2.75, 3.05) is 18.5 Å². The van der Waals surface area contributed by atoms with Crippen LogP contribution in [0.2, 0.25) is 0 Å². The van der Waals surface area contributed by atoms with Crippen molar-refractivity contribution >= 4 is 22.4 Å². The number of carbonyl (C=O) groups excluding carboxylic acids is 1. The van der Waals surface area contributed by atoms with Gasteiger partial charge >= 0.3 is 0 Å². The van der Waals surface area contributed by atoms with E-state index >= 15 is 0 Å². The molecule has 6 heteroatoms. The minimum absolute atomic E-state index is 0.119. The highest BCUT2D eigenvalue weighted by Gasteiger charge is 2.36. The summed E-state index contributed by atoms with van der Waals surface area (Å²) in [7, 11) is 0. The molecule has 1 aromatic heterocycles. The highest BCUT2D eigenvalue weighted by molar-refractivity contribution is 7.15. The second-order valence-electron chi connectivity index (χ2n) is 6.51. The molecule has 3 rings (SSSR count). The largest absolute Gasteiger partial charge is 0.381 e. The zero-order valence-corrected chi connectivity index (χ0v) is 14.0. The monoisotopic (exact) mass is 323 g/mol. The molecule has 1 amide bonds. The molecule has 3 N–H and O–H groups in total. The fraction of sp³-hybridized carbons (Fsp3) is 0.750. The molecule has 1 aliphatic heterocycles. The fourth-order valence-corrected chi connectivity index (χ4v) is 4.45. The number of nitrogens with two attached hydrogens (primary N) is 1. The van der Waals surface area contributed by atoms with Crippen molar-refractivity contribution in [1.29, 1.82) is 0 Å². The van der Waals surface area contributed by atoms with Crippen LogP contribution in [0.1, 0.15) is 49.6 Å². The first-order valence-electron chi connectivity index (χ1n) is 8.27. The van der Waals surface area contributed by atoms with Gasteiger partial charge in [0.25, 0.3) is 0 Å². The Morgan fingerprint density at radius 3 is 3.00 bits per heavy atom. The van der Waals surface area contributed by atoms with Crippen LogP contribution in [0.4, 0.5) is 5.13 Å². The summed E-state index contributed by atoms with van der Waals surface area (Å²) in [5, 5.41) is 3.66. The Hall–Kier alpha value is -0.980. The predicted octanol–water partition coefficient (Wildman–Crippen LogP) is 2.49. The third-order valence-corrected chi connectivity index (χ3v) is 5.83. The number of aromatic nitrogens is 1. The van der Waals surface area contributed by atoms with Gasteiger partial charge in [0.2, 0.25) is 5.91 Å². The number of ether oxygens (including phenoxy) is 1. The summed E-state index contributed by atoms with van der Waals surface area (Å²) in [6.07, 6.45) is 7.03. The van der Waals surface area contributed by atoms with E-state index in [2.05, 4.69) is 17.2 Å². The third kappa shape index (κ3) is 3.34. The summed E-state index contributed by atoms with van der Waals surface area (Å²) in [6, 6.07) is 0. The van der Waals surface area contributed by atoms with Crippen LogP contribution in [0, 0.1) is 5.92 Å². The van der Waals surface area contributed by atoms with E-state index in [1.165, 1.54) is 29.8 Å². The van der Waals surface area contributed by atoms with Gasteiger partial charge < -0.3 is 15.8 Å². The molecule has 2 aliphatic rings. The van der Waals surface area contributed by atoms with E-state index in [0.29, 0.717) is 31.2 Å². The molecule has 5 nitrogen and oxygen atoms in total. The second kappa shape index (κ2) is 6.64. The molecule has 0 spiro atoms. The van der Waals surface area contributed by atoms with Gasteiger partial charge in [0.15, 0.2) is 5.13 Å². The Labute approximate surface area is 135 Å². The quantitative estimate of drug-likeness (QED) is 0.892. The standard InChI is InChI=1S/C16H25N3O2S/c1-2-3-11-4-5-12-13(10-11)22-15(18-12)19-14(20)16(17)6-8-21-9-7-16/h11H,2-10,17H2,1H3,(H,18,19,20). The van der Waals surface area contributed by atoms with Gasteiger partial charge in [-0.1, -0.05) is 19.8 Å². The summed E-state index contributed by atoms with van der Waals surface area (Å²) in [6.45, 7) is 3.34. The smallest absolute Gasteiger partial charge is 0.246 e. The van der Waals surface area contributed by atoms with Gasteiger partial charge in [-0.05, 0) is 38.0 Å². The first kappa shape index (κ1) is 15.9. The van der Waals surface area contributed by atoms with Crippen LogP contribution in [0.5, 0.6) is 0 Å². The first-order chi connectivity index (χ1) is 10.6. The molecular weight excluding hydrogens is 298 g/mol. The Balaban J connectivity index is 1.65. The number of nitrogens with zero attached hydrogens (tertiary/aromatic N) is 1. The lowest BCUT2D eigenvalue weighted by atomic mass is 9.88. The van der Waals surface area contributed by atoms with E-state index in [4.69, 9.17) is 10.5 Å². The number of thiazole rings is 1. The van der Waals surface area contributed by atoms with Crippen LogP contribution < -0.4 is 11.1 Å². The minimum atomic E-state index is -0.810. The molecule has 1 saturated heterocycles. The predicted molar refractivity (Wildman–Crippen MR) is 88.1 cm³/mol. The molecule has 1 fully saturated rings. The Morgan fingerprint density at radius 1 is 1.50 bits per heavy atom. The van der Waals surface area contributed by atoms with E-state index in [0.717, 1.165) is 18.8 Å². The Bertz CT molecular complexity index is 537. The van der Waals surface area contributed by atoms with Crippen LogP contribution in [0.25, 0.3) is 0 Å². The highest BCUT2D eigenvalue weighted by Crippen LogP contribution is 2.34. The van der Waals surface area contributed by atoms with Crippen molar-refractivity contribution in [3.63, 3.8) is 0 Å². The van der Waals surface area contributed by atoms with E-state index in [9.17, 15) is 4.79 Å². The van der Waals surface area contributed by atoms with Crippen molar-refractivity contribution in [3.05, 3.63) is 10.6 Å².